The Labute approximate surface area is 140 Å². The van der Waals surface area contributed by atoms with Gasteiger partial charge in [0.05, 0.1) is 13.7 Å². The van der Waals surface area contributed by atoms with Crippen molar-refractivity contribution in [2.45, 2.75) is 38.1 Å². The quantitative estimate of drug-likeness (QED) is 0.805. The number of piperidine rings is 1. The first-order valence-corrected chi connectivity index (χ1v) is 7.85. The van der Waals surface area contributed by atoms with E-state index in [1.165, 1.54) is 4.90 Å². The van der Waals surface area contributed by atoms with Gasteiger partial charge in [-0.2, -0.15) is 0 Å². The van der Waals surface area contributed by atoms with Gasteiger partial charge in [-0.05, 0) is 24.6 Å². The maximum Gasteiger partial charge on any atom is 0.335 e. The number of benzene rings is 1. The Morgan fingerprint density at radius 2 is 2.00 bits per heavy atom. The first-order chi connectivity index (χ1) is 11.4. The normalized spacial score (nSPS) is 18.0. The van der Waals surface area contributed by atoms with Crippen LogP contribution in [0, 0.1) is 0 Å². The third kappa shape index (κ3) is 4.24. The Balaban J connectivity index is 1.85. The first kappa shape index (κ1) is 18.2. The molecular formula is C17H23NO6. The number of hydrogen-bond donors (Lipinski definition) is 2. The highest BCUT2D eigenvalue weighted by molar-refractivity contribution is 5.82. The number of aliphatic hydroxyl groups is 1. The van der Waals surface area contributed by atoms with Crippen LogP contribution in [0.15, 0.2) is 24.3 Å². The SMILES string of the molecule is COc1cccc(COC(C)C(=O)N2CCC(O)(C(=O)O)CC2)c1. The highest BCUT2D eigenvalue weighted by atomic mass is 16.5. The predicted molar refractivity (Wildman–Crippen MR) is 85.6 cm³/mol. The van der Waals surface area contributed by atoms with Crippen LogP contribution in [0.5, 0.6) is 5.75 Å². The van der Waals surface area contributed by atoms with Gasteiger partial charge in [-0.15, -0.1) is 0 Å². The van der Waals surface area contributed by atoms with Crippen molar-refractivity contribution >= 4 is 11.9 Å². The second-order valence-corrected chi connectivity index (χ2v) is 5.97. The first-order valence-electron chi connectivity index (χ1n) is 7.85. The van der Waals surface area contributed by atoms with Crippen molar-refractivity contribution in [3.05, 3.63) is 29.8 Å². The molecule has 1 amide bonds. The standard InChI is InChI=1S/C17H23NO6/c1-12(24-11-13-4-3-5-14(10-13)23-2)15(19)18-8-6-17(22,7-9-18)16(20)21/h3-5,10,12,22H,6-9,11H2,1-2H3,(H,20,21). The van der Waals surface area contributed by atoms with Crippen LogP contribution < -0.4 is 4.74 Å². The number of methoxy groups -OCH3 is 1. The van der Waals surface area contributed by atoms with E-state index in [1.54, 1.807) is 14.0 Å². The monoisotopic (exact) mass is 337 g/mol. The fraction of sp³-hybridized carbons (Fsp3) is 0.529. The molecule has 1 heterocycles. The van der Waals surface area contributed by atoms with E-state index in [-0.39, 0.29) is 38.4 Å². The summed E-state index contributed by atoms with van der Waals surface area (Å²) in [6.45, 7) is 2.35. The molecule has 132 valence electrons. The van der Waals surface area contributed by atoms with Crippen molar-refractivity contribution in [2.24, 2.45) is 0 Å². The number of nitrogens with zero attached hydrogens (tertiary/aromatic N) is 1. The number of carbonyl (C=O) groups is 2. The molecule has 1 saturated heterocycles. The van der Waals surface area contributed by atoms with Crippen LogP contribution in [0.1, 0.15) is 25.3 Å². The minimum Gasteiger partial charge on any atom is -0.497 e. The van der Waals surface area contributed by atoms with Crippen molar-refractivity contribution in [1.29, 1.82) is 0 Å². The second kappa shape index (κ2) is 7.63. The van der Waals surface area contributed by atoms with Gasteiger partial charge in [-0.25, -0.2) is 4.79 Å². The average molecular weight is 337 g/mol. The van der Waals surface area contributed by atoms with E-state index in [0.29, 0.717) is 0 Å². The van der Waals surface area contributed by atoms with Crippen molar-refractivity contribution in [1.82, 2.24) is 4.90 Å². The number of likely N-dealkylation sites (tertiary alicyclic amines) is 1. The van der Waals surface area contributed by atoms with Crippen molar-refractivity contribution in [2.75, 3.05) is 20.2 Å². The summed E-state index contributed by atoms with van der Waals surface area (Å²) in [5.74, 6) is -0.721. The minimum atomic E-state index is -1.73. The number of hydrogen-bond acceptors (Lipinski definition) is 5. The molecule has 1 atom stereocenters. The molecule has 7 nitrogen and oxygen atoms in total. The van der Waals surface area contributed by atoms with Gasteiger partial charge in [0, 0.05) is 25.9 Å². The number of aliphatic carboxylic acids is 1. The van der Waals surface area contributed by atoms with Crippen LogP contribution in [0.25, 0.3) is 0 Å². The zero-order valence-corrected chi connectivity index (χ0v) is 13.9. The Morgan fingerprint density at radius 1 is 1.33 bits per heavy atom. The second-order valence-electron chi connectivity index (χ2n) is 5.97. The molecule has 1 fully saturated rings. The van der Waals surface area contributed by atoms with Crippen LogP contribution in [0.2, 0.25) is 0 Å². The topological polar surface area (TPSA) is 96.3 Å². The zero-order chi connectivity index (χ0) is 17.7. The van der Waals surface area contributed by atoms with Gasteiger partial charge < -0.3 is 24.6 Å². The summed E-state index contributed by atoms with van der Waals surface area (Å²) in [5, 5.41) is 18.9. The maximum absolute atomic E-state index is 12.4. The maximum atomic E-state index is 12.4. The zero-order valence-electron chi connectivity index (χ0n) is 13.9. The molecule has 0 aromatic heterocycles. The fourth-order valence-electron chi connectivity index (χ4n) is 2.62. The molecule has 2 N–H and O–H groups in total. The van der Waals surface area contributed by atoms with Crippen molar-refractivity contribution in [3.63, 3.8) is 0 Å². The summed E-state index contributed by atoms with van der Waals surface area (Å²) in [5.41, 5.74) is -0.838. The lowest BCUT2D eigenvalue weighted by molar-refractivity contribution is -0.167. The molecule has 7 heteroatoms. The number of carboxylic acid groups (broad SMARTS) is 1. The molecule has 1 aromatic carbocycles. The number of ether oxygens (including phenoxy) is 2. The van der Waals surface area contributed by atoms with E-state index in [2.05, 4.69) is 0 Å². The Kier molecular flexibility index (Phi) is 5.80. The van der Waals surface area contributed by atoms with E-state index >= 15 is 0 Å². The summed E-state index contributed by atoms with van der Waals surface area (Å²) in [6, 6.07) is 7.40. The van der Waals surface area contributed by atoms with E-state index in [1.807, 2.05) is 24.3 Å². The Morgan fingerprint density at radius 3 is 2.58 bits per heavy atom. The minimum absolute atomic E-state index is 0.0245. The Bertz CT molecular complexity index is 594. The molecule has 1 aliphatic rings. The van der Waals surface area contributed by atoms with E-state index in [4.69, 9.17) is 14.6 Å². The van der Waals surface area contributed by atoms with E-state index in [9.17, 15) is 14.7 Å². The molecule has 1 aliphatic heterocycles. The molecule has 0 bridgehead atoms. The van der Waals surface area contributed by atoms with Crippen molar-refractivity contribution < 1.29 is 29.3 Å². The van der Waals surface area contributed by atoms with Gasteiger partial charge in [-0.3, -0.25) is 4.79 Å². The van der Waals surface area contributed by atoms with Gasteiger partial charge in [-0.1, -0.05) is 12.1 Å². The molecule has 24 heavy (non-hydrogen) atoms. The van der Waals surface area contributed by atoms with Gasteiger partial charge in [0.1, 0.15) is 11.9 Å². The number of carboxylic acids is 1. The molecule has 0 spiro atoms. The molecule has 1 aromatic rings. The molecule has 1 unspecified atom stereocenters. The third-order valence-electron chi connectivity index (χ3n) is 4.28. The largest absolute Gasteiger partial charge is 0.497 e. The van der Waals surface area contributed by atoms with Crippen LogP contribution in [-0.2, 0) is 20.9 Å². The highest BCUT2D eigenvalue weighted by Gasteiger charge is 2.41. The molecule has 0 aliphatic carbocycles. The van der Waals surface area contributed by atoms with Crippen LogP contribution in [0.4, 0.5) is 0 Å². The lowest BCUT2D eigenvalue weighted by Crippen LogP contribution is -2.52. The molecule has 0 saturated carbocycles. The lowest BCUT2D eigenvalue weighted by Gasteiger charge is -2.36. The number of carbonyl (C=O) groups excluding carboxylic acids is 1. The van der Waals surface area contributed by atoms with Gasteiger partial charge in [0.2, 0.25) is 0 Å². The third-order valence-corrected chi connectivity index (χ3v) is 4.28. The van der Waals surface area contributed by atoms with Crippen molar-refractivity contribution in [3.8, 4) is 5.75 Å². The number of rotatable bonds is 6. The molecule has 2 rings (SSSR count). The fourth-order valence-corrected chi connectivity index (χ4v) is 2.62. The Hall–Kier alpha value is -2.12. The van der Waals surface area contributed by atoms with Crippen LogP contribution >= 0.6 is 0 Å². The van der Waals surface area contributed by atoms with Crippen LogP contribution in [-0.4, -0.2) is 58.9 Å². The summed E-state index contributed by atoms with van der Waals surface area (Å²) in [6.07, 6.45) is -0.597. The van der Waals surface area contributed by atoms with E-state index < -0.39 is 17.7 Å². The van der Waals surface area contributed by atoms with E-state index in [0.717, 1.165) is 11.3 Å². The average Bonchev–Trinajstić information content (AvgIpc) is 2.59. The van der Waals surface area contributed by atoms with Gasteiger partial charge >= 0.3 is 5.97 Å². The van der Waals surface area contributed by atoms with Gasteiger partial charge in [0.25, 0.3) is 5.91 Å². The summed E-state index contributed by atoms with van der Waals surface area (Å²) in [4.78, 5) is 24.9. The smallest absolute Gasteiger partial charge is 0.335 e. The molecule has 0 radical (unpaired) electrons. The highest BCUT2D eigenvalue weighted by Crippen LogP contribution is 2.23. The summed E-state index contributed by atoms with van der Waals surface area (Å²) < 4.78 is 10.8. The van der Waals surface area contributed by atoms with Gasteiger partial charge in [0.15, 0.2) is 5.60 Å². The predicted octanol–water partition coefficient (Wildman–Crippen LogP) is 1.04. The summed E-state index contributed by atoms with van der Waals surface area (Å²) in [7, 11) is 1.58. The van der Waals surface area contributed by atoms with Crippen LogP contribution in [0.3, 0.4) is 0 Å². The summed E-state index contributed by atoms with van der Waals surface area (Å²) >= 11 is 0. The molecular weight excluding hydrogens is 314 g/mol. The lowest BCUT2D eigenvalue weighted by atomic mass is 9.91. The number of amides is 1.